The maximum Gasteiger partial charge on any atom is 0.282 e. The Balaban J connectivity index is 0.00000112. The number of amides is 1. The first-order valence-electron chi connectivity index (χ1n) is 7.48. The molecule has 2 aromatic rings. The molecule has 6 nitrogen and oxygen atoms in total. The van der Waals surface area contributed by atoms with Gasteiger partial charge in [0.05, 0.1) is 4.92 Å². The summed E-state index contributed by atoms with van der Waals surface area (Å²) in [5, 5.41) is 13.4. The molecule has 0 saturated carbocycles. The van der Waals surface area contributed by atoms with Gasteiger partial charge in [-0.3, -0.25) is 14.9 Å². The second kappa shape index (κ2) is 10.8. The molecule has 3 N–H and O–H groups in total. The molecule has 0 aliphatic carbocycles. The Bertz CT molecular complexity index is 642. The first-order valence-corrected chi connectivity index (χ1v) is 7.48. The zero-order valence-corrected chi connectivity index (χ0v) is 13.9. The van der Waals surface area contributed by atoms with Crippen LogP contribution in [0, 0.1) is 10.1 Å². The summed E-state index contributed by atoms with van der Waals surface area (Å²) in [6.45, 7) is 8.00. The fourth-order valence-electron chi connectivity index (χ4n) is 1.64. The maximum atomic E-state index is 12.0. The van der Waals surface area contributed by atoms with Gasteiger partial charge in [-0.25, -0.2) is 0 Å². The van der Waals surface area contributed by atoms with Crippen molar-refractivity contribution in [1.82, 2.24) is 0 Å². The van der Waals surface area contributed by atoms with Crippen LogP contribution in [0.15, 0.2) is 48.5 Å². The van der Waals surface area contributed by atoms with E-state index in [1.807, 2.05) is 27.7 Å². The van der Waals surface area contributed by atoms with E-state index in [9.17, 15) is 14.9 Å². The van der Waals surface area contributed by atoms with E-state index in [1.165, 1.54) is 18.2 Å². The summed E-state index contributed by atoms with van der Waals surface area (Å²) in [6.07, 6.45) is 0. The minimum Gasteiger partial charge on any atom is -0.399 e. The monoisotopic (exact) mass is 317 g/mol. The summed E-state index contributed by atoms with van der Waals surface area (Å²) in [5.41, 5.74) is 6.36. The molecule has 2 aromatic carbocycles. The number of nitrogen functional groups attached to an aromatic ring is 1. The molecule has 0 spiro atoms. The Hall–Kier alpha value is -2.89. The number of nitrogens with zero attached hydrogens (tertiary/aromatic N) is 1. The lowest BCUT2D eigenvalue weighted by Crippen LogP contribution is -2.13. The molecule has 1 amide bonds. The van der Waals surface area contributed by atoms with Crippen molar-refractivity contribution in [2.75, 3.05) is 11.1 Å². The topological polar surface area (TPSA) is 98.3 Å². The van der Waals surface area contributed by atoms with Gasteiger partial charge in [0.15, 0.2) is 0 Å². The van der Waals surface area contributed by atoms with E-state index < -0.39 is 10.8 Å². The first kappa shape index (κ1) is 20.1. The van der Waals surface area contributed by atoms with Crippen molar-refractivity contribution in [2.24, 2.45) is 0 Å². The summed E-state index contributed by atoms with van der Waals surface area (Å²) in [6, 6.07) is 12.4. The molecule has 0 aliphatic rings. The van der Waals surface area contributed by atoms with Crippen LogP contribution in [0.1, 0.15) is 38.1 Å². The van der Waals surface area contributed by atoms with Gasteiger partial charge >= 0.3 is 0 Å². The number of para-hydroxylation sites is 1. The molecule has 124 valence electrons. The highest BCUT2D eigenvalue weighted by atomic mass is 16.6. The smallest absolute Gasteiger partial charge is 0.282 e. The van der Waals surface area contributed by atoms with Crippen LogP contribution >= 0.6 is 0 Å². The quantitative estimate of drug-likeness (QED) is 0.495. The van der Waals surface area contributed by atoms with Crippen molar-refractivity contribution in [3.63, 3.8) is 0 Å². The van der Waals surface area contributed by atoms with Gasteiger partial charge in [-0.1, -0.05) is 45.9 Å². The Morgan fingerprint density at radius 2 is 1.65 bits per heavy atom. The van der Waals surface area contributed by atoms with E-state index in [-0.39, 0.29) is 11.3 Å². The molecule has 0 unspecified atom stereocenters. The highest BCUT2D eigenvalue weighted by Gasteiger charge is 2.19. The second-order valence-corrected chi connectivity index (χ2v) is 3.85. The standard InChI is InChI=1S/C13H11N3O3.2C2H6/c14-9-4-3-5-10(8-9)15-13(17)11-6-1-2-7-12(11)16(18)19;2*1-2/h1-8H,14H2,(H,15,17);2*1-2H3. The number of nitro benzene ring substituents is 1. The SMILES string of the molecule is CC.CC.Nc1cccc(NC(=O)c2ccccc2[N+](=O)[O-])c1. The average Bonchev–Trinajstić information content (AvgIpc) is 2.58. The number of rotatable bonds is 3. The number of nitro groups is 1. The molecule has 6 heteroatoms. The van der Waals surface area contributed by atoms with Gasteiger partial charge < -0.3 is 11.1 Å². The lowest BCUT2D eigenvalue weighted by Gasteiger charge is -2.06. The van der Waals surface area contributed by atoms with Crippen molar-refractivity contribution in [3.05, 3.63) is 64.2 Å². The van der Waals surface area contributed by atoms with E-state index in [1.54, 1.807) is 30.3 Å². The maximum absolute atomic E-state index is 12.0. The number of carbonyl (C=O) groups is 1. The minimum atomic E-state index is -0.589. The van der Waals surface area contributed by atoms with Crippen LogP contribution in [0.2, 0.25) is 0 Å². The lowest BCUT2D eigenvalue weighted by molar-refractivity contribution is -0.385. The van der Waals surface area contributed by atoms with Crippen molar-refractivity contribution in [1.29, 1.82) is 0 Å². The van der Waals surface area contributed by atoms with Crippen LogP contribution < -0.4 is 11.1 Å². The van der Waals surface area contributed by atoms with Gasteiger partial charge in [0.2, 0.25) is 0 Å². The average molecular weight is 317 g/mol. The highest BCUT2D eigenvalue weighted by Crippen LogP contribution is 2.20. The molecule has 0 aliphatic heterocycles. The van der Waals surface area contributed by atoms with Crippen LogP contribution in [-0.2, 0) is 0 Å². The van der Waals surface area contributed by atoms with E-state index in [0.29, 0.717) is 11.4 Å². The molecular weight excluding hydrogens is 294 g/mol. The number of anilines is 2. The number of hydrogen-bond acceptors (Lipinski definition) is 4. The lowest BCUT2D eigenvalue weighted by atomic mass is 10.1. The third kappa shape index (κ3) is 6.17. The fraction of sp³-hybridized carbons (Fsp3) is 0.235. The molecule has 23 heavy (non-hydrogen) atoms. The predicted molar refractivity (Wildman–Crippen MR) is 94.6 cm³/mol. The largest absolute Gasteiger partial charge is 0.399 e. The zero-order valence-electron chi connectivity index (χ0n) is 13.9. The van der Waals surface area contributed by atoms with E-state index in [2.05, 4.69) is 5.32 Å². The first-order chi connectivity index (χ1) is 11.1. The number of benzene rings is 2. The van der Waals surface area contributed by atoms with Crippen molar-refractivity contribution < 1.29 is 9.72 Å². The minimum absolute atomic E-state index is 0.00919. The van der Waals surface area contributed by atoms with Crippen LogP contribution in [-0.4, -0.2) is 10.8 Å². The van der Waals surface area contributed by atoms with Crippen molar-refractivity contribution >= 4 is 23.0 Å². The van der Waals surface area contributed by atoms with E-state index >= 15 is 0 Å². The second-order valence-electron chi connectivity index (χ2n) is 3.85. The van der Waals surface area contributed by atoms with Gasteiger partial charge in [0.25, 0.3) is 11.6 Å². The van der Waals surface area contributed by atoms with Crippen LogP contribution in [0.4, 0.5) is 17.1 Å². The molecule has 0 atom stereocenters. The van der Waals surface area contributed by atoms with Gasteiger partial charge in [-0.2, -0.15) is 0 Å². The van der Waals surface area contributed by atoms with Crippen LogP contribution in [0.5, 0.6) is 0 Å². The third-order valence-corrected chi connectivity index (χ3v) is 2.49. The third-order valence-electron chi connectivity index (χ3n) is 2.49. The Morgan fingerprint density at radius 1 is 1.04 bits per heavy atom. The summed E-state index contributed by atoms with van der Waals surface area (Å²) < 4.78 is 0. The van der Waals surface area contributed by atoms with Crippen molar-refractivity contribution in [2.45, 2.75) is 27.7 Å². The number of hydrogen-bond donors (Lipinski definition) is 2. The Labute approximate surface area is 136 Å². The molecule has 0 radical (unpaired) electrons. The molecule has 2 rings (SSSR count). The zero-order chi connectivity index (χ0) is 17.8. The number of carbonyl (C=O) groups excluding carboxylic acids is 1. The molecule has 0 heterocycles. The molecule has 0 bridgehead atoms. The van der Waals surface area contributed by atoms with Crippen molar-refractivity contribution in [3.8, 4) is 0 Å². The molecule has 0 aromatic heterocycles. The molecule has 0 saturated heterocycles. The summed E-state index contributed by atoms with van der Waals surface area (Å²) in [4.78, 5) is 22.2. The summed E-state index contributed by atoms with van der Waals surface area (Å²) in [7, 11) is 0. The highest BCUT2D eigenvalue weighted by molar-refractivity contribution is 6.07. The van der Waals surface area contributed by atoms with Gasteiger partial charge in [-0.05, 0) is 24.3 Å². The van der Waals surface area contributed by atoms with E-state index in [4.69, 9.17) is 5.73 Å². The Morgan fingerprint density at radius 3 is 2.22 bits per heavy atom. The normalized spacial score (nSPS) is 8.70. The summed E-state index contributed by atoms with van der Waals surface area (Å²) in [5.74, 6) is -0.544. The van der Waals surface area contributed by atoms with Gasteiger partial charge in [0, 0.05) is 17.4 Å². The predicted octanol–water partition coefficient (Wildman–Crippen LogP) is 4.48. The van der Waals surface area contributed by atoms with E-state index in [0.717, 1.165) is 0 Å². The molecular formula is C17H23N3O3. The Kier molecular flexibility index (Phi) is 9.43. The fourth-order valence-corrected chi connectivity index (χ4v) is 1.64. The van der Waals surface area contributed by atoms with Gasteiger partial charge in [0.1, 0.15) is 5.56 Å². The number of nitrogens with one attached hydrogen (secondary N) is 1. The molecule has 0 fully saturated rings. The van der Waals surface area contributed by atoms with Crippen LogP contribution in [0.25, 0.3) is 0 Å². The van der Waals surface area contributed by atoms with Gasteiger partial charge in [-0.15, -0.1) is 0 Å². The summed E-state index contributed by atoms with van der Waals surface area (Å²) >= 11 is 0. The van der Waals surface area contributed by atoms with Crippen LogP contribution in [0.3, 0.4) is 0 Å². The number of nitrogens with two attached hydrogens (primary N) is 1.